The van der Waals surface area contributed by atoms with Crippen LogP contribution in [0.3, 0.4) is 0 Å². The van der Waals surface area contributed by atoms with Crippen molar-refractivity contribution in [1.82, 2.24) is 4.90 Å². The number of nitrogens with zero attached hydrogens (tertiary/aromatic N) is 1. The molecule has 0 spiro atoms. The standard InChI is InChI=1S/C23H26N2O5S/c1-5-13-25(14-6-2)22(26)16-30-23(27)19-9-7-8-10-20(19)24-31(28,29)21-15-17(3)11-12-18(21)4/h5-12,15,24H,1-2,13-14,16H2,3-4H3. The molecule has 2 aromatic carbocycles. The highest BCUT2D eigenvalue weighted by molar-refractivity contribution is 7.92. The van der Waals surface area contributed by atoms with Crippen LogP contribution >= 0.6 is 0 Å². The number of aryl methyl sites for hydroxylation is 2. The number of amides is 1. The van der Waals surface area contributed by atoms with Gasteiger partial charge in [-0.15, -0.1) is 13.2 Å². The third-order valence-electron chi connectivity index (χ3n) is 4.40. The topological polar surface area (TPSA) is 92.8 Å². The predicted octanol–water partition coefficient (Wildman–Crippen LogP) is 3.46. The molecule has 2 rings (SSSR count). The van der Waals surface area contributed by atoms with Gasteiger partial charge in [-0.2, -0.15) is 0 Å². The fourth-order valence-electron chi connectivity index (χ4n) is 2.83. The molecule has 2 aromatic rings. The number of rotatable bonds is 10. The highest BCUT2D eigenvalue weighted by atomic mass is 32.2. The van der Waals surface area contributed by atoms with Crippen LogP contribution in [0.5, 0.6) is 0 Å². The van der Waals surface area contributed by atoms with E-state index in [0.717, 1.165) is 5.56 Å². The van der Waals surface area contributed by atoms with Crippen molar-refractivity contribution in [3.8, 4) is 0 Å². The molecule has 0 aliphatic heterocycles. The maximum Gasteiger partial charge on any atom is 0.340 e. The molecule has 0 aliphatic carbocycles. The Morgan fingerprint density at radius 1 is 1.06 bits per heavy atom. The molecule has 8 heteroatoms. The van der Waals surface area contributed by atoms with Crippen LogP contribution in [0.4, 0.5) is 5.69 Å². The van der Waals surface area contributed by atoms with Crippen LogP contribution in [0.15, 0.2) is 72.7 Å². The molecule has 31 heavy (non-hydrogen) atoms. The van der Waals surface area contributed by atoms with Gasteiger partial charge in [0.05, 0.1) is 16.1 Å². The Bertz CT molecular complexity index is 1080. The van der Waals surface area contributed by atoms with Crippen molar-refractivity contribution in [3.05, 3.63) is 84.5 Å². The minimum absolute atomic E-state index is 0.00294. The first kappa shape index (κ1) is 23.9. The van der Waals surface area contributed by atoms with Gasteiger partial charge in [-0.1, -0.05) is 36.4 Å². The number of hydrogen-bond acceptors (Lipinski definition) is 5. The second kappa shape index (κ2) is 10.6. The lowest BCUT2D eigenvalue weighted by Crippen LogP contribution is -2.35. The third kappa shape index (κ3) is 6.29. The Morgan fingerprint density at radius 3 is 2.35 bits per heavy atom. The van der Waals surface area contributed by atoms with Gasteiger partial charge in [0.2, 0.25) is 0 Å². The van der Waals surface area contributed by atoms with Crippen LogP contribution in [0.1, 0.15) is 21.5 Å². The first-order valence-electron chi connectivity index (χ1n) is 9.55. The number of benzene rings is 2. The van der Waals surface area contributed by atoms with E-state index in [4.69, 9.17) is 4.74 Å². The quantitative estimate of drug-likeness (QED) is 0.449. The van der Waals surface area contributed by atoms with Gasteiger partial charge in [0.15, 0.2) is 6.61 Å². The maximum atomic E-state index is 12.9. The number of nitrogens with one attached hydrogen (secondary N) is 1. The van der Waals surface area contributed by atoms with Gasteiger partial charge in [-0.05, 0) is 43.2 Å². The molecule has 1 N–H and O–H groups in total. The molecule has 164 valence electrons. The molecule has 0 bridgehead atoms. The minimum Gasteiger partial charge on any atom is -0.452 e. The van der Waals surface area contributed by atoms with Gasteiger partial charge in [0.1, 0.15) is 0 Å². The van der Waals surface area contributed by atoms with E-state index in [2.05, 4.69) is 17.9 Å². The first-order valence-corrected chi connectivity index (χ1v) is 11.0. The number of para-hydroxylation sites is 1. The van der Waals surface area contributed by atoms with Crippen LogP contribution in [0.2, 0.25) is 0 Å². The lowest BCUT2D eigenvalue weighted by Gasteiger charge is -2.19. The molecule has 0 saturated carbocycles. The fourth-order valence-corrected chi connectivity index (χ4v) is 4.24. The van der Waals surface area contributed by atoms with Crippen molar-refractivity contribution >= 4 is 27.6 Å². The molecule has 0 radical (unpaired) electrons. The zero-order valence-electron chi connectivity index (χ0n) is 17.6. The van der Waals surface area contributed by atoms with E-state index in [0.29, 0.717) is 5.56 Å². The normalized spacial score (nSPS) is 10.8. The molecule has 0 unspecified atom stereocenters. The van der Waals surface area contributed by atoms with E-state index in [1.807, 2.05) is 6.07 Å². The number of sulfonamides is 1. The van der Waals surface area contributed by atoms with Crippen molar-refractivity contribution in [2.24, 2.45) is 0 Å². The number of carbonyl (C=O) groups is 2. The summed E-state index contributed by atoms with van der Waals surface area (Å²) in [5, 5.41) is 0. The average Bonchev–Trinajstić information content (AvgIpc) is 2.73. The molecule has 1 amide bonds. The van der Waals surface area contributed by atoms with E-state index in [1.165, 1.54) is 17.0 Å². The van der Waals surface area contributed by atoms with Gasteiger partial charge < -0.3 is 9.64 Å². The highest BCUT2D eigenvalue weighted by Crippen LogP contribution is 2.23. The van der Waals surface area contributed by atoms with Crippen LogP contribution in [0.25, 0.3) is 0 Å². The van der Waals surface area contributed by atoms with Crippen LogP contribution in [-0.4, -0.2) is 44.9 Å². The zero-order chi connectivity index (χ0) is 23.0. The molecule has 0 saturated heterocycles. The molecule has 0 fully saturated rings. The molecular formula is C23H26N2O5S. The van der Waals surface area contributed by atoms with Gasteiger partial charge in [0.25, 0.3) is 15.9 Å². The van der Waals surface area contributed by atoms with Crippen LogP contribution < -0.4 is 4.72 Å². The van der Waals surface area contributed by atoms with E-state index < -0.39 is 28.5 Å². The lowest BCUT2D eigenvalue weighted by atomic mass is 10.2. The average molecular weight is 443 g/mol. The number of ether oxygens (including phenoxy) is 1. The third-order valence-corrected chi connectivity index (χ3v) is 5.91. The van der Waals surface area contributed by atoms with Gasteiger partial charge >= 0.3 is 5.97 Å². The minimum atomic E-state index is -3.94. The summed E-state index contributed by atoms with van der Waals surface area (Å²) in [5.41, 5.74) is 1.44. The Hall–Kier alpha value is -3.39. The SMILES string of the molecule is C=CCN(CC=C)C(=O)COC(=O)c1ccccc1NS(=O)(=O)c1cc(C)ccc1C. The summed E-state index contributed by atoms with van der Waals surface area (Å²) in [6, 6.07) is 11.2. The summed E-state index contributed by atoms with van der Waals surface area (Å²) in [6.45, 7) is 10.8. The summed E-state index contributed by atoms with van der Waals surface area (Å²) < 4.78 is 33.4. The number of hydrogen-bond donors (Lipinski definition) is 1. The second-order valence-electron chi connectivity index (χ2n) is 6.87. The summed E-state index contributed by atoms with van der Waals surface area (Å²) in [6.07, 6.45) is 3.11. The Kier molecular flexibility index (Phi) is 8.15. The van der Waals surface area contributed by atoms with Crippen molar-refractivity contribution in [2.45, 2.75) is 18.7 Å². The van der Waals surface area contributed by atoms with Gasteiger partial charge in [-0.3, -0.25) is 9.52 Å². The summed E-state index contributed by atoms with van der Waals surface area (Å²) in [4.78, 5) is 26.4. The lowest BCUT2D eigenvalue weighted by molar-refractivity contribution is -0.133. The molecular weight excluding hydrogens is 416 g/mol. The monoisotopic (exact) mass is 442 g/mol. The van der Waals surface area contributed by atoms with E-state index in [-0.39, 0.29) is 29.2 Å². The molecule has 7 nitrogen and oxygen atoms in total. The number of carbonyl (C=O) groups excluding carboxylic acids is 2. The van der Waals surface area contributed by atoms with Crippen molar-refractivity contribution < 1.29 is 22.7 Å². The summed E-state index contributed by atoms with van der Waals surface area (Å²) in [5.74, 6) is -1.23. The highest BCUT2D eigenvalue weighted by Gasteiger charge is 2.22. The summed E-state index contributed by atoms with van der Waals surface area (Å²) in [7, 11) is -3.94. The smallest absolute Gasteiger partial charge is 0.340 e. The molecule has 0 aromatic heterocycles. The predicted molar refractivity (Wildman–Crippen MR) is 120 cm³/mol. The van der Waals surface area contributed by atoms with Crippen molar-refractivity contribution in [3.63, 3.8) is 0 Å². The Morgan fingerprint density at radius 2 is 1.71 bits per heavy atom. The van der Waals surface area contributed by atoms with Crippen molar-refractivity contribution in [2.75, 3.05) is 24.4 Å². The Labute approximate surface area is 183 Å². The first-order chi connectivity index (χ1) is 14.7. The van der Waals surface area contributed by atoms with E-state index in [1.54, 1.807) is 50.3 Å². The molecule has 0 aliphatic rings. The maximum absolute atomic E-state index is 12.9. The second-order valence-corrected chi connectivity index (χ2v) is 8.52. The largest absolute Gasteiger partial charge is 0.452 e. The molecule has 0 heterocycles. The Balaban J connectivity index is 2.20. The van der Waals surface area contributed by atoms with E-state index >= 15 is 0 Å². The van der Waals surface area contributed by atoms with Gasteiger partial charge in [-0.25, -0.2) is 13.2 Å². The molecule has 0 atom stereocenters. The number of anilines is 1. The van der Waals surface area contributed by atoms with Gasteiger partial charge in [0, 0.05) is 13.1 Å². The van der Waals surface area contributed by atoms with E-state index in [9.17, 15) is 18.0 Å². The number of esters is 1. The van der Waals surface area contributed by atoms with Crippen LogP contribution in [-0.2, 0) is 19.6 Å². The fraction of sp³-hybridized carbons (Fsp3) is 0.217. The van der Waals surface area contributed by atoms with Crippen molar-refractivity contribution in [1.29, 1.82) is 0 Å². The summed E-state index contributed by atoms with van der Waals surface area (Å²) >= 11 is 0. The zero-order valence-corrected chi connectivity index (χ0v) is 18.4. The van der Waals surface area contributed by atoms with Crippen LogP contribution in [0, 0.1) is 13.8 Å².